The third-order valence-corrected chi connectivity index (χ3v) is 3.27. The fraction of sp³-hybridized carbons (Fsp3) is 0.333. The lowest BCUT2D eigenvalue weighted by Gasteiger charge is -2.18. The van der Waals surface area contributed by atoms with Crippen molar-refractivity contribution in [2.45, 2.75) is 26.2 Å². The Hall–Kier alpha value is -1.61. The Balaban J connectivity index is 2.62. The van der Waals surface area contributed by atoms with Crippen LogP contribution in [-0.4, -0.2) is 16.1 Å². The van der Waals surface area contributed by atoms with Crippen LogP contribution in [0.3, 0.4) is 0 Å². The molecule has 0 atom stereocenters. The topological polar surface area (TPSA) is 34.9 Å². The highest BCUT2D eigenvalue weighted by Gasteiger charge is 2.23. The second-order valence-corrected chi connectivity index (χ2v) is 6.08. The number of hydrogen-bond donors (Lipinski definition) is 0. The molecule has 100 valence electrons. The van der Waals surface area contributed by atoms with Crippen LogP contribution >= 0.6 is 11.6 Å². The molecule has 0 saturated carbocycles. The summed E-state index contributed by atoms with van der Waals surface area (Å²) < 4.78 is 1.79. The van der Waals surface area contributed by atoms with E-state index in [2.05, 4.69) is 25.9 Å². The minimum Gasteiger partial charge on any atom is -0.298 e. The molecule has 0 saturated heterocycles. The second kappa shape index (κ2) is 4.82. The van der Waals surface area contributed by atoms with Crippen molar-refractivity contribution in [3.63, 3.8) is 0 Å². The van der Waals surface area contributed by atoms with E-state index in [0.717, 1.165) is 23.1 Å². The maximum Gasteiger partial charge on any atom is 0.150 e. The maximum atomic E-state index is 10.8. The Bertz CT molecular complexity index is 624. The van der Waals surface area contributed by atoms with Crippen LogP contribution in [0.5, 0.6) is 0 Å². The van der Waals surface area contributed by atoms with Crippen molar-refractivity contribution in [2.75, 3.05) is 0 Å². The summed E-state index contributed by atoms with van der Waals surface area (Å²) >= 11 is 6.28. The fourth-order valence-corrected chi connectivity index (χ4v) is 2.35. The smallest absolute Gasteiger partial charge is 0.150 e. The number of hydrogen-bond acceptors (Lipinski definition) is 2. The molecule has 1 aromatic carbocycles. The van der Waals surface area contributed by atoms with Crippen molar-refractivity contribution in [1.29, 1.82) is 0 Å². The summed E-state index contributed by atoms with van der Waals surface area (Å²) in [5.41, 5.74) is 3.43. The summed E-state index contributed by atoms with van der Waals surface area (Å²) in [4.78, 5) is 10.8. The molecule has 0 N–H and O–H groups in total. The standard InChI is InChI=1S/C15H17ClN2O/c1-15(2,3)14-12(8-18(4)17-14)11-6-5-10(9-19)7-13(11)16/h5-9H,1-4H3. The highest BCUT2D eigenvalue weighted by Crippen LogP contribution is 2.35. The molecule has 19 heavy (non-hydrogen) atoms. The normalized spacial score (nSPS) is 11.6. The van der Waals surface area contributed by atoms with Crippen molar-refractivity contribution in [1.82, 2.24) is 9.78 Å². The van der Waals surface area contributed by atoms with Gasteiger partial charge in [-0.3, -0.25) is 9.48 Å². The van der Waals surface area contributed by atoms with Gasteiger partial charge in [0.15, 0.2) is 0 Å². The minimum atomic E-state index is -0.0662. The third kappa shape index (κ3) is 2.71. The fourth-order valence-electron chi connectivity index (χ4n) is 2.06. The molecule has 1 heterocycles. The summed E-state index contributed by atoms with van der Waals surface area (Å²) in [6.45, 7) is 6.35. The van der Waals surface area contributed by atoms with Crippen LogP contribution in [0.2, 0.25) is 5.02 Å². The summed E-state index contributed by atoms with van der Waals surface area (Å²) in [6.07, 6.45) is 2.76. The van der Waals surface area contributed by atoms with Crippen LogP contribution in [0.25, 0.3) is 11.1 Å². The lowest BCUT2D eigenvalue weighted by atomic mass is 9.87. The zero-order valence-corrected chi connectivity index (χ0v) is 12.3. The van der Waals surface area contributed by atoms with Crippen molar-refractivity contribution < 1.29 is 4.79 Å². The molecule has 0 unspecified atom stereocenters. The molecule has 0 aliphatic rings. The van der Waals surface area contributed by atoms with Gasteiger partial charge in [-0.05, 0) is 6.07 Å². The van der Waals surface area contributed by atoms with Gasteiger partial charge in [0.2, 0.25) is 0 Å². The highest BCUT2D eigenvalue weighted by atomic mass is 35.5. The van der Waals surface area contributed by atoms with Crippen molar-refractivity contribution in [2.24, 2.45) is 7.05 Å². The average molecular weight is 277 g/mol. The first kappa shape index (κ1) is 13.8. The largest absolute Gasteiger partial charge is 0.298 e. The third-order valence-electron chi connectivity index (χ3n) is 2.96. The first-order chi connectivity index (χ1) is 8.82. The van der Waals surface area contributed by atoms with E-state index in [9.17, 15) is 4.79 Å². The number of aldehydes is 1. The summed E-state index contributed by atoms with van der Waals surface area (Å²) in [5, 5.41) is 5.10. The first-order valence-electron chi connectivity index (χ1n) is 6.12. The molecule has 2 rings (SSSR count). The summed E-state index contributed by atoms with van der Waals surface area (Å²) in [6, 6.07) is 5.33. The van der Waals surface area contributed by atoms with Gasteiger partial charge in [-0.1, -0.05) is 44.5 Å². The zero-order chi connectivity index (χ0) is 14.2. The Morgan fingerprint density at radius 3 is 2.47 bits per heavy atom. The van der Waals surface area contributed by atoms with Crippen LogP contribution in [0.1, 0.15) is 36.8 Å². The van der Waals surface area contributed by atoms with E-state index in [-0.39, 0.29) is 5.41 Å². The first-order valence-corrected chi connectivity index (χ1v) is 6.50. The van der Waals surface area contributed by atoms with Gasteiger partial charge < -0.3 is 0 Å². The number of carbonyl (C=O) groups is 1. The Morgan fingerprint density at radius 1 is 1.26 bits per heavy atom. The number of benzene rings is 1. The van der Waals surface area contributed by atoms with E-state index in [1.807, 2.05) is 19.3 Å². The molecule has 0 aliphatic heterocycles. The van der Waals surface area contributed by atoms with Crippen LogP contribution in [0, 0.1) is 0 Å². The van der Waals surface area contributed by atoms with Gasteiger partial charge in [-0.25, -0.2) is 0 Å². The Labute approximate surface area is 118 Å². The number of rotatable bonds is 2. The molecule has 0 bridgehead atoms. The molecule has 1 aromatic heterocycles. The number of aromatic nitrogens is 2. The van der Waals surface area contributed by atoms with Gasteiger partial charge in [-0.2, -0.15) is 5.10 Å². The molecule has 0 spiro atoms. The molecule has 0 amide bonds. The monoisotopic (exact) mass is 276 g/mol. The average Bonchev–Trinajstić information content (AvgIpc) is 2.70. The SMILES string of the molecule is Cn1cc(-c2ccc(C=O)cc2Cl)c(C(C)(C)C)n1. The van der Waals surface area contributed by atoms with E-state index in [0.29, 0.717) is 10.6 Å². The quantitative estimate of drug-likeness (QED) is 0.781. The second-order valence-electron chi connectivity index (χ2n) is 5.67. The van der Waals surface area contributed by atoms with Gasteiger partial charge in [0.25, 0.3) is 0 Å². The van der Waals surface area contributed by atoms with Crippen LogP contribution in [0.4, 0.5) is 0 Å². The molecule has 3 nitrogen and oxygen atoms in total. The molecule has 4 heteroatoms. The predicted octanol–water partition coefficient (Wildman–Crippen LogP) is 3.85. The molecule has 2 aromatic rings. The van der Waals surface area contributed by atoms with Crippen molar-refractivity contribution in [3.05, 3.63) is 40.7 Å². The van der Waals surface area contributed by atoms with Gasteiger partial charge in [0.1, 0.15) is 6.29 Å². The van der Waals surface area contributed by atoms with E-state index in [4.69, 9.17) is 11.6 Å². The lowest BCUT2D eigenvalue weighted by molar-refractivity contribution is 0.112. The highest BCUT2D eigenvalue weighted by molar-refractivity contribution is 6.33. The number of carbonyl (C=O) groups excluding carboxylic acids is 1. The lowest BCUT2D eigenvalue weighted by Crippen LogP contribution is -2.13. The van der Waals surface area contributed by atoms with Crippen molar-refractivity contribution in [3.8, 4) is 11.1 Å². The number of halogens is 1. The van der Waals surface area contributed by atoms with E-state index in [1.54, 1.807) is 16.8 Å². The van der Waals surface area contributed by atoms with Gasteiger partial charge in [-0.15, -0.1) is 0 Å². The molecular weight excluding hydrogens is 260 g/mol. The summed E-state index contributed by atoms with van der Waals surface area (Å²) in [5.74, 6) is 0. The molecular formula is C15H17ClN2O. The van der Waals surface area contributed by atoms with Crippen LogP contribution in [-0.2, 0) is 12.5 Å². The van der Waals surface area contributed by atoms with Crippen LogP contribution < -0.4 is 0 Å². The summed E-state index contributed by atoms with van der Waals surface area (Å²) in [7, 11) is 1.90. The number of aryl methyl sites for hydroxylation is 1. The van der Waals surface area contributed by atoms with Gasteiger partial charge >= 0.3 is 0 Å². The Kier molecular flexibility index (Phi) is 3.50. The van der Waals surface area contributed by atoms with Gasteiger partial charge in [0, 0.05) is 40.4 Å². The molecule has 0 fully saturated rings. The van der Waals surface area contributed by atoms with Crippen molar-refractivity contribution >= 4 is 17.9 Å². The number of nitrogens with zero attached hydrogens (tertiary/aromatic N) is 2. The van der Waals surface area contributed by atoms with E-state index < -0.39 is 0 Å². The van der Waals surface area contributed by atoms with Crippen LogP contribution in [0.15, 0.2) is 24.4 Å². The predicted molar refractivity (Wildman–Crippen MR) is 77.7 cm³/mol. The molecule has 0 aliphatic carbocycles. The van der Waals surface area contributed by atoms with E-state index in [1.165, 1.54) is 0 Å². The minimum absolute atomic E-state index is 0.0662. The molecule has 0 radical (unpaired) electrons. The Morgan fingerprint density at radius 2 is 1.95 bits per heavy atom. The maximum absolute atomic E-state index is 10.8. The van der Waals surface area contributed by atoms with E-state index >= 15 is 0 Å². The zero-order valence-electron chi connectivity index (χ0n) is 11.6. The van der Waals surface area contributed by atoms with Gasteiger partial charge in [0.05, 0.1) is 5.69 Å².